The van der Waals surface area contributed by atoms with Gasteiger partial charge in [0.25, 0.3) is 0 Å². The molecule has 1 heterocycles. The first-order valence-electron chi connectivity index (χ1n) is 6.90. The fourth-order valence-corrected chi connectivity index (χ4v) is 2.64. The van der Waals surface area contributed by atoms with Crippen molar-refractivity contribution in [3.05, 3.63) is 52.9 Å². The highest BCUT2D eigenvalue weighted by Crippen LogP contribution is 2.23. The van der Waals surface area contributed by atoms with Crippen molar-refractivity contribution >= 4 is 17.3 Å². The Bertz CT molecular complexity index is 541. The van der Waals surface area contributed by atoms with Crippen molar-refractivity contribution in [2.45, 2.75) is 33.1 Å². The predicted molar refractivity (Wildman–Crippen MR) is 83.4 cm³/mol. The Morgan fingerprint density at radius 2 is 1.85 bits per heavy atom. The lowest BCUT2D eigenvalue weighted by atomic mass is 9.97. The smallest absolute Gasteiger partial charge is 0.319 e. The summed E-state index contributed by atoms with van der Waals surface area (Å²) in [4.78, 5) is 12.1. The van der Waals surface area contributed by atoms with E-state index in [9.17, 15) is 4.79 Å². The maximum absolute atomic E-state index is 12.1. The third-order valence-electron chi connectivity index (χ3n) is 3.17. The molecule has 0 saturated carbocycles. The maximum Gasteiger partial charge on any atom is 0.319 e. The number of benzene rings is 1. The molecule has 1 aromatic heterocycles. The van der Waals surface area contributed by atoms with Crippen molar-refractivity contribution in [3.63, 3.8) is 0 Å². The van der Waals surface area contributed by atoms with Crippen LogP contribution >= 0.6 is 11.3 Å². The number of thiophene rings is 1. The van der Waals surface area contributed by atoms with Gasteiger partial charge in [-0.2, -0.15) is 0 Å². The average molecular weight is 288 g/mol. The molecule has 2 aromatic rings. The van der Waals surface area contributed by atoms with Crippen LogP contribution in [-0.4, -0.2) is 5.97 Å². The van der Waals surface area contributed by atoms with Gasteiger partial charge in [-0.3, -0.25) is 4.79 Å². The van der Waals surface area contributed by atoms with Crippen LogP contribution in [0.2, 0.25) is 0 Å². The zero-order chi connectivity index (χ0) is 14.5. The van der Waals surface area contributed by atoms with Crippen LogP contribution in [0.4, 0.5) is 0 Å². The Morgan fingerprint density at radius 3 is 2.40 bits per heavy atom. The summed E-state index contributed by atoms with van der Waals surface area (Å²) in [5, 5.41) is 2.55. The van der Waals surface area contributed by atoms with Crippen LogP contribution in [0.5, 0.6) is 5.06 Å². The molecular weight excluding hydrogens is 268 g/mol. The van der Waals surface area contributed by atoms with Gasteiger partial charge < -0.3 is 4.74 Å². The second-order valence-corrected chi connectivity index (χ2v) is 6.32. The first kappa shape index (κ1) is 14.8. The number of rotatable bonds is 5. The molecule has 0 aliphatic rings. The maximum atomic E-state index is 12.1. The molecule has 0 bridgehead atoms. The molecule has 2 nitrogen and oxygen atoms in total. The number of carbonyl (C=O) groups is 1. The SMILES string of the molecule is CC(C)Cc1ccc(C(C)C(=O)Oc2cccs2)cc1. The highest BCUT2D eigenvalue weighted by Gasteiger charge is 2.17. The summed E-state index contributed by atoms with van der Waals surface area (Å²) >= 11 is 1.43. The lowest BCUT2D eigenvalue weighted by Crippen LogP contribution is -2.15. The molecule has 0 radical (unpaired) electrons. The van der Waals surface area contributed by atoms with Crippen LogP contribution in [0.3, 0.4) is 0 Å². The van der Waals surface area contributed by atoms with Crippen LogP contribution in [0.25, 0.3) is 0 Å². The van der Waals surface area contributed by atoms with Gasteiger partial charge in [0.2, 0.25) is 0 Å². The highest BCUT2D eigenvalue weighted by molar-refractivity contribution is 7.11. The van der Waals surface area contributed by atoms with Gasteiger partial charge in [0.15, 0.2) is 5.06 Å². The van der Waals surface area contributed by atoms with Crippen molar-refractivity contribution < 1.29 is 9.53 Å². The summed E-state index contributed by atoms with van der Waals surface area (Å²) in [6.45, 7) is 6.29. The summed E-state index contributed by atoms with van der Waals surface area (Å²) in [5.74, 6) is 0.191. The molecule has 0 amide bonds. The molecule has 1 unspecified atom stereocenters. The van der Waals surface area contributed by atoms with E-state index in [-0.39, 0.29) is 11.9 Å². The summed E-state index contributed by atoms with van der Waals surface area (Å²) in [6, 6.07) is 11.9. The molecule has 0 saturated heterocycles. The minimum Gasteiger partial charge on any atom is -0.415 e. The number of hydrogen-bond donors (Lipinski definition) is 0. The highest BCUT2D eigenvalue weighted by atomic mass is 32.1. The van der Waals surface area contributed by atoms with Gasteiger partial charge >= 0.3 is 5.97 Å². The minimum absolute atomic E-state index is 0.205. The Kier molecular flexibility index (Phi) is 4.96. The normalized spacial score (nSPS) is 12.4. The largest absolute Gasteiger partial charge is 0.415 e. The molecule has 20 heavy (non-hydrogen) atoms. The van der Waals surface area contributed by atoms with Crippen LogP contribution in [-0.2, 0) is 11.2 Å². The van der Waals surface area contributed by atoms with Gasteiger partial charge in [-0.05, 0) is 47.9 Å². The molecule has 2 rings (SSSR count). The summed E-state index contributed by atoms with van der Waals surface area (Å²) in [5.41, 5.74) is 2.31. The van der Waals surface area contributed by atoms with Crippen LogP contribution in [0.1, 0.15) is 37.8 Å². The Morgan fingerprint density at radius 1 is 1.15 bits per heavy atom. The number of hydrogen-bond acceptors (Lipinski definition) is 3. The molecule has 3 heteroatoms. The first-order chi connectivity index (χ1) is 9.56. The van der Waals surface area contributed by atoms with Crippen LogP contribution in [0, 0.1) is 5.92 Å². The Hall–Kier alpha value is -1.61. The Labute approximate surface area is 124 Å². The van der Waals surface area contributed by atoms with Gasteiger partial charge in [-0.25, -0.2) is 0 Å². The molecule has 0 N–H and O–H groups in total. The van der Waals surface area contributed by atoms with Gasteiger partial charge in [-0.1, -0.05) is 38.1 Å². The first-order valence-corrected chi connectivity index (χ1v) is 7.78. The molecule has 1 atom stereocenters. The van der Waals surface area contributed by atoms with E-state index in [2.05, 4.69) is 26.0 Å². The van der Waals surface area contributed by atoms with Crippen molar-refractivity contribution in [2.24, 2.45) is 5.92 Å². The van der Waals surface area contributed by atoms with Crippen LogP contribution < -0.4 is 4.74 Å². The number of ether oxygens (including phenoxy) is 1. The third kappa shape index (κ3) is 3.94. The number of esters is 1. The lowest BCUT2D eigenvalue weighted by Gasteiger charge is -2.12. The molecule has 0 spiro atoms. The van der Waals surface area contributed by atoms with E-state index in [1.807, 2.05) is 30.5 Å². The lowest BCUT2D eigenvalue weighted by molar-refractivity contribution is -0.135. The standard InChI is InChI=1S/C17H20O2S/c1-12(2)11-14-6-8-15(9-7-14)13(3)17(18)19-16-5-4-10-20-16/h4-10,12-13H,11H2,1-3H3. The summed E-state index contributed by atoms with van der Waals surface area (Å²) in [6.07, 6.45) is 1.06. The van der Waals surface area contributed by atoms with Crippen molar-refractivity contribution in [3.8, 4) is 5.06 Å². The van der Waals surface area contributed by atoms with Gasteiger partial charge in [0.1, 0.15) is 0 Å². The van der Waals surface area contributed by atoms with Gasteiger partial charge in [-0.15, -0.1) is 11.3 Å². The third-order valence-corrected chi connectivity index (χ3v) is 3.92. The minimum atomic E-state index is -0.245. The summed E-state index contributed by atoms with van der Waals surface area (Å²) < 4.78 is 5.34. The van der Waals surface area contributed by atoms with Gasteiger partial charge in [0.05, 0.1) is 5.92 Å². The second-order valence-electron chi connectivity index (χ2n) is 5.41. The second kappa shape index (κ2) is 6.71. The van der Waals surface area contributed by atoms with Crippen molar-refractivity contribution in [1.82, 2.24) is 0 Å². The zero-order valence-corrected chi connectivity index (χ0v) is 12.9. The predicted octanol–water partition coefficient (Wildman–Crippen LogP) is 4.66. The number of carbonyl (C=O) groups excluding carboxylic acids is 1. The average Bonchev–Trinajstić information content (AvgIpc) is 2.91. The fourth-order valence-electron chi connectivity index (χ4n) is 2.06. The monoisotopic (exact) mass is 288 g/mol. The van der Waals surface area contributed by atoms with E-state index in [1.54, 1.807) is 6.07 Å². The molecule has 1 aromatic carbocycles. The molecular formula is C17H20O2S. The zero-order valence-electron chi connectivity index (χ0n) is 12.1. The van der Waals surface area contributed by atoms with Crippen molar-refractivity contribution in [1.29, 1.82) is 0 Å². The Balaban J connectivity index is 2.01. The topological polar surface area (TPSA) is 26.3 Å². The molecule has 0 fully saturated rings. The van der Waals surface area contributed by atoms with Crippen molar-refractivity contribution in [2.75, 3.05) is 0 Å². The molecule has 0 aliphatic heterocycles. The molecule has 0 aliphatic carbocycles. The van der Waals surface area contributed by atoms with Gasteiger partial charge in [0, 0.05) is 0 Å². The molecule has 106 valence electrons. The van der Waals surface area contributed by atoms with E-state index < -0.39 is 0 Å². The van der Waals surface area contributed by atoms with Crippen LogP contribution in [0.15, 0.2) is 41.8 Å². The quantitative estimate of drug-likeness (QED) is 0.748. The van der Waals surface area contributed by atoms with E-state index in [4.69, 9.17) is 4.74 Å². The fraction of sp³-hybridized carbons (Fsp3) is 0.353. The van der Waals surface area contributed by atoms with E-state index >= 15 is 0 Å². The summed E-state index contributed by atoms with van der Waals surface area (Å²) in [7, 11) is 0. The van der Waals surface area contributed by atoms with E-state index in [1.165, 1.54) is 16.9 Å². The van der Waals surface area contributed by atoms with E-state index in [0.29, 0.717) is 11.0 Å². The van der Waals surface area contributed by atoms with E-state index in [0.717, 1.165) is 12.0 Å².